The Morgan fingerprint density at radius 3 is 2.25 bits per heavy atom. The Bertz CT molecular complexity index is 968. The fourth-order valence-corrected chi connectivity index (χ4v) is 5.10. The lowest BCUT2D eigenvalue weighted by atomic mass is 9.62. The number of alkyl halides is 3. The lowest BCUT2D eigenvalue weighted by molar-refractivity contribution is -0.173. The number of halogens is 4. The molecule has 1 N–H and O–H groups in total. The third-order valence-electron chi connectivity index (χ3n) is 6.81. The number of carbonyl (C=O) groups excluding carboxylic acids is 2. The van der Waals surface area contributed by atoms with Gasteiger partial charge in [-0.15, -0.1) is 0 Å². The smallest absolute Gasteiger partial charge is 0.355 e. The van der Waals surface area contributed by atoms with E-state index in [1.54, 1.807) is 18.2 Å². The number of hydrogen-bond donors (Lipinski definition) is 1. The third kappa shape index (κ3) is 4.36. The van der Waals surface area contributed by atoms with Crippen molar-refractivity contribution in [3.8, 4) is 0 Å². The predicted molar refractivity (Wildman–Crippen MR) is 110 cm³/mol. The summed E-state index contributed by atoms with van der Waals surface area (Å²) in [6.45, 7) is 0.667. The van der Waals surface area contributed by atoms with Crippen LogP contribution < -0.4 is 5.32 Å². The lowest BCUT2D eigenvalue weighted by Gasteiger charge is -2.49. The van der Waals surface area contributed by atoms with Gasteiger partial charge >= 0.3 is 6.18 Å². The van der Waals surface area contributed by atoms with E-state index in [1.807, 2.05) is 0 Å². The minimum atomic E-state index is -4.70. The number of benzene rings is 2. The molecule has 2 amide bonds. The van der Waals surface area contributed by atoms with E-state index < -0.39 is 23.4 Å². The highest BCUT2D eigenvalue weighted by Gasteiger charge is 2.51. The molecule has 2 atom stereocenters. The van der Waals surface area contributed by atoms with Crippen molar-refractivity contribution in [3.63, 3.8) is 0 Å². The summed E-state index contributed by atoms with van der Waals surface area (Å²) < 4.78 is 54.8. The summed E-state index contributed by atoms with van der Waals surface area (Å²) in [6.07, 6.45) is -3.64. The molecule has 4 rings (SSSR count). The molecule has 2 saturated heterocycles. The van der Waals surface area contributed by atoms with Gasteiger partial charge in [0, 0.05) is 32.0 Å². The molecular formula is C24H24F4N2O2. The topological polar surface area (TPSA) is 49.4 Å². The van der Waals surface area contributed by atoms with Crippen molar-refractivity contribution in [1.82, 2.24) is 10.2 Å². The summed E-state index contributed by atoms with van der Waals surface area (Å²) in [6, 6.07) is 13.3. The Morgan fingerprint density at radius 1 is 1.03 bits per heavy atom. The summed E-state index contributed by atoms with van der Waals surface area (Å²) in [7, 11) is 0. The van der Waals surface area contributed by atoms with E-state index in [2.05, 4.69) is 5.32 Å². The molecule has 0 unspecified atom stereocenters. The van der Waals surface area contributed by atoms with Gasteiger partial charge in [0.2, 0.25) is 11.8 Å². The van der Waals surface area contributed by atoms with Gasteiger partial charge in [-0.05, 0) is 41.5 Å². The van der Waals surface area contributed by atoms with E-state index in [9.17, 15) is 27.2 Å². The summed E-state index contributed by atoms with van der Waals surface area (Å²) in [5.41, 5.74) is 0.326. The Balaban J connectivity index is 1.55. The fraction of sp³-hybridized carbons (Fsp3) is 0.417. The second-order valence-corrected chi connectivity index (χ2v) is 8.66. The largest absolute Gasteiger partial charge is 0.404 e. The van der Waals surface area contributed by atoms with Crippen molar-refractivity contribution >= 4 is 11.8 Å². The first-order valence-corrected chi connectivity index (χ1v) is 10.6. The molecule has 2 heterocycles. The molecule has 0 bridgehead atoms. The molecule has 0 aromatic heterocycles. The zero-order chi connectivity index (χ0) is 22.9. The first-order chi connectivity index (χ1) is 15.2. The number of amides is 2. The van der Waals surface area contributed by atoms with Crippen LogP contribution in [0.25, 0.3) is 0 Å². The van der Waals surface area contributed by atoms with E-state index in [0.29, 0.717) is 19.4 Å². The van der Waals surface area contributed by atoms with Crippen LogP contribution in [0, 0.1) is 11.2 Å². The van der Waals surface area contributed by atoms with Crippen LogP contribution in [0.3, 0.4) is 0 Å². The third-order valence-corrected chi connectivity index (χ3v) is 6.81. The molecule has 0 aliphatic carbocycles. The second kappa shape index (κ2) is 8.56. The molecule has 170 valence electrons. The van der Waals surface area contributed by atoms with Gasteiger partial charge in [0.25, 0.3) is 0 Å². The van der Waals surface area contributed by atoms with Crippen LogP contribution in [-0.4, -0.2) is 42.5 Å². The van der Waals surface area contributed by atoms with Gasteiger partial charge in [-0.1, -0.05) is 42.5 Å². The van der Waals surface area contributed by atoms with Crippen LogP contribution in [-0.2, 0) is 9.59 Å². The number of nitrogens with one attached hydrogen (secondary N) is 1. The van der Waals surface area contributed by atoms with Gasteiger partial charge in [-0.2, -0.15) is 13.2 Å². The Hall–Kier alpha value is -2.90. The number of hydrogen-bond acceptors (Lipinski definition) is 2. The Kier molecular flexibility index (Phi) is 5.97. The van der Waals surface area contributed by atoms with Crippen LogP contribution in [0.15, 0.2) is 54.6 Å². The highest BCUT2D eigenvalue weighted by Crippen LogP contribution is 2.49. The zero-order valence-electron chi connectivity index (χ0n) is 17.4. The van der Waals surface area contributed by atoms with Gasteiger partial charge in [-0.25, -0.2) is 4.39 Å². The second-order valence-electron chi connectivity index (χ2n) is 8.66. The highest BCUT2D eigenvalue weighted by atomic mass is 19.4. The van der Waals surface area contributed by atoms with Crippen molar-refractivity contribution in [1.29, 1.82) is 0 Å². The number of carbonyl (C=O) groups is 2. The fourth-order valence-electron chi connectivity index (χ4n) is 5.10. The Labute approximate surface area is 183 Å². The van der Waals surface area contributed by atoms with Gasteiger partial charge in [0.05, 0.1) is 0 Å². The minimum absolute atomic E-state index is 0.0773. The number of rotatable bonds is 3. The summed E-state index contributed by atoms with van der Waals surface area (Å²) in [5, 5.41) is 2.85. The summed E-state index contributed by atoms with van der Waals surface area (Å²) in [5.74, 6) is -3.73. The SMILES string of the molecule is O=C1CC2(CCN(C(=O)[C@H](c3ccccc3)C(F)(F)F)CC2)[C@H](c2ccc(F)cc2)CN1. The molecule has 2 aliphatic rings. The zero-order valence-corrected chi connectivity index (χ0v) is 17.4. The number of likely N-dealkylation sites (tertiary alicyclic amines) is 1. The van der Waals surface area contributed by atoms with Crippen molar-refractivity contribution in [2.75, 3.05) is 19.6 Å². The van der Waals surface area contributed by atoms with Crippen LogP contribution in [0.4, 0.5) is 17.6 Å². The van der Waals surface area contributed by atoms with Gasteiger partial charge in [0.1, 0.15) is 5.82 Å². The molecule has 32 heavy (non-hydrogen) atoms. The molecule has 2 aliphatic heterocycles. The van der Waals surface area contributed by atoms with Crippen LogP contribution in [0.5, 0.6) is 0 Å². The van der Waals surface area contributed by atoms with E-state index in [-0.39, 0.29) is 42.7 Å². The van der Waals surface area contributed by atoms with Crippen LogP contribution >= 0.6 is 0 Å². The molecule has 0 radical (unpaired) electrons. The van der Waals surface area contributed by atoms with Crippen molar-refractivity contribution < 1.29 is 27.2 Å². The average Bonchev–Trinajstić information content (AvgIpc) is 2.75. The molecule has 4 nitrogen and oxygen atoms in total. The van der Waals surface area contributed by atoms with Crippen molar-refractivity contribution in [2.24, 2.45) is 5.41 Å². The van der Waals surface area contributed by atoms with Gasteiger partial charge in [0.15, 0.2) is 5.92 Å². The monoisotopic (exact) mass is 448 g/mol. The lowest BCUT2D eigenvalue weighted by Crippen LogP contribution is -2.54. The molecule has 2 fully saturated rings. The maximum Gasteiger partial charge on any atom is 0.404 e. The minimum Gasteiger partial charge on any atom is -0.355 e. The van der Waals surface area contributed by atoms with Crippen molar-refractivity contribution in [2.45, 2.75) is 37.3 Å². The first-order valence-electron chi connectivity index (χ1n) is 10.6. The summed E-state index contributed by atoms with van der Waals surface area (Å²) in [4.78, 5) is 26.4. The van der Waals surface area contributed by atoms with E-state index in [4.69, 9.17) is 0 Å². The standard InChI is InChI=1S/C24H24F4N2O2/c25-18-8-6-16(7-9-18)19-15-29-20(31)14-23(19)10-12-30(13-11-23)22(32)21(24(26,27)28)17-4-2-1-3-5-17/h1-9,19,21H,10-15H2,(H,29,31)/t19-,21-/m0/s1. The van der Waals surface area contributed by atoms with Crippen LogP contribution in [0.1, 0.15) is 42.2 Å². The quantitative estimate of drug-likeness (QED) is 0.709. The number of piperidine rings is 2. The van der Waals surface area contributed by atoms with E-state index >= 15 is 0 Å². The number of nitrogens with zero attached hydrogens (tertiary/aromatic N) is 1. The predicted octanol–water partition coefficient (Wildman–Crippen LogP) is 4.38. The molecule has 1 spiro atoms. The molecule has 0 saturated carbocycles. The van der Waals surface area contributed by atoms with E-state index in [0.717, 1.165) is 5.56 Å². The van der Waals surface area contributed by atoms with E-state index in [1.165, 1.54) is 41.3 Å². The maximum absolute atomic E-state index is 13.8. The van der Waals surface area contributed by atoms with Gasteiger partial charge < -0.3 is 10.2 Å². The maximum atomic E-state index is 13.8. The highest BCUT2D eigenvalue weighted by molar-refractivity contribution is 5.85. The normalized spacial score (nSPS) is 21.8. The first kappa shape index (κ1) is 22.3. The Morgan fingerprint density at radius 2 is 1.66 bits per heavy atom. The van der Waals surface area contributed by atoms with Crippen molar-refractivity contribution in [3.05, 3.63) is 71.5 Å². The molecule has 2 aromatic rings. The molecular weight excluding hydrogens is 424 g/mol. The van der Waals surface area contributed by atoms with Gasteiger partial charge in [-0.3, -0.25) is 9.59 Å². The van der Waals surface area contributed by atoms with Crippen LogP contribution in [0.2, 0.25) is 0 Å². The average molecular weight is 448 g/mol. The molecule has 2 aromatic carbocycles. The summed E-state index contributed by atoms with van der Waals surface area (Å²) >= 11 is 0. The molecule has 8 heteroatoms.